The third-order valence-electron chi connectivity index (χ3n) is 3.57. The molecule has 0 atom stereocenters. The van der Waals surface area contributed by atoms with Crippen LogP contribution >= 0.6 is 0 Å². The van der Waals surface area contributed by atoms with Crippen LogP contribution in [0.5, 0.6) is 0 Å². The van der Waals surface area contributed by atoms with Crippen molar-refractivity contribution in [3.63, 3.8) is 0 Å². The third kappa shape index (κ3) is 8.20. The van der Waals surface area contributed by atoms with E-state index >= 15 is 0 Å². The van der Waals surface area contributed by atoms with Gasteiger partial charge in [0.25, 0.3) is 0 Å². The molecule has 0 aromatic carbocycles. The van der Waals surface area contributed by atoms with E-state index in [2.05, 4.69) is 20.8 Å². The summed E-state index contributed by atoms with van der Waals surface area (Å²) in [5, 5.41) is 0. The minimum absolute atomic E-state index is 0.336. The Hall–Kier alpha value is -0.160. The maximum absolute atomic E-state index is 5.58. The van der Waals surface area contributed by atoms with Crippen LogP contribution < -0.4 is 0 Å². The topological polar surface area (TPSA) is 36.9 Å². The van der Waals surface area contributed by atoms with E-state index in [4.69, 9.17) is 19.6 Å². The van der Waals surface area contributed by atoms with Gasteiger partial charge in [-0.25, -0.2) is 9.78 Å². The Morgan fingerprint density at radius 2 is 1.05 bits per heavy atom. The average molecular weight is 290 g/mol. The van der Waals surface area contributed by atoms with Crippen molar-refractivity contribution in [2.24, 2.45) is 0 Å². The summed E-state index contributed by atoms with van der Waals surface area (Å²) in [5.74, 6) is -0.880. The van der Waals surface area contributed by atoms with Gasteiger partial charge < -0.3 is 0 Å². The first-order chi connectivity index (χ1) is 9.10. The lowest BCUT2D eigenvalue weighted by molar-refractivity contribution is -0.540. The van der Waals surface area contributed by atoms with Gasteiger partial charge in [-0.05, 0) is 53.9 Å². The van der Waals surface area contributed by atoms with Crippen LogP contribution in [0, 0.1) is 0 Å². The molecule has 0 N–H and O–H groups in total. The van der Waals surface area contributed by atoms with Gasteiger partial charge in [-0.2, -0.15) is 9.78 Å². The van der Waals surface area contributed by atoms with Crippen LogP contribution in [-0.4, -0.2) is 17.0 Å². The van der Waals surface area contributed by atoms with Gasteiger partial charge in [-0.15, -0.1) is 0 Å². The van der Waals surface area contributed by atoms with E-state index in [1.807, 2.05) is 34.6 Å². The van der Waals surface area contributed by atoms with Crippen LogP contribution in [0.1, 0.15) is 87.5 Å². The first-order valence-corrected chi connectivity index (χ1v) is 7.83. The smallest absolute Gasteiger partial charge is 0.228 e. The molecule has 0 saturated heterocycles. The molecule has 0 heterocycles. The van der Waals surface area contributed by atoms with Gasteiger partial charge in [-0.1, -0.05) is 27.2 Å². The second-order valence-corrected chi connectivity index (χ2v) is 6.80. The van der Waals surface area contributed by atoms with Crippen molar-refractivity contribution >= 4 is 0 Å². The molecule has 0 aliphatic carbocycles. The van der Waals surface area contributed by atoms with E-state index < -0.39 is 5.79 Å². The van der Waals surface area contributed by atoms with Crippen molar-refractivity contribution < 1.29 is 19.6 Å². The molecule has 0 spiro atoms. The van der Waals surface area contributed by atoms with Gasteiger partial charge in [0.1, 0.15) is 0 Å². The van der Waals surface area contributed by atoms with E-state index in [1.54, 1.807) is 0 Å². The van der Waals surface area contributed by atoms with Crippen molar-refractivity contribution in [2.75, 3.05) is 0 Å². The quantitative estimate of drug-likeness (QED) is 0.299. The zero-order chi connectivity index (χ0) is 15.9. The Balaban J connectivity index is 4.57. The highest BCUT2D eigenvalue weighted by Gasteiger charge is 2.34. The molecule has 0 amide bonds. The third-order valence-corrected chi connectivity index (χ3v) is 3.57. The molecule has 0 saturated carbocycles. The number of hydrogen-bond acceptors (Lipinski definition) is 4. The highest BCUT2D eigenvalue weighted by Crippen LogP contribution is 2.28. The van der Waals surface area contributed by atoms with Gasteiger partial charge in [0.05, 0.1) is 11.2 Å². The molecule has 4 nitrogen and oxygen atoms in total. The summed E-state index contributed by atoms with van der Waals surface area (Å²) in [6, 6.07) is 0. The molecular weight excluding hydrogens is 256 g/mol. The Labute approximate surface area is 125 Å². The molecule has 0 unspecified atom stereocenters. The normalized spacial score (nSPS) is 13.8. The van der Waals surface area contributed by atoms with Crippen molar-refractivity contribution in [1.82, 2.24) is 0 Å². The minimum atomic E-state index is -0.880. The summed E-state index contributed by atoms with van der Waals surface area (Å²) < 4.78 is 0. The van der Waals surface area contributed by atoms with Crippen LogP contribution in [0.25, 0.3) is 0 Å². The van der Waals surface area contributed by atoms with Gasteiger partial charge >= 0.3 is 0 Å². The van der Waals surface area contributed by atoms with Crippen LogP contribution in [0.2, 0.25) is 0 Å². The molecule has 122 valence electrons. The first kappa shape index (κ1) is 19.8. The van der Waals surface area contributed by atoms with Crippen LogP contribution in [0.4, 0.5) is 0 Å². The maximum atomic E-state index is 5.58. The van der Waals surface area contributed by atoms with Crippen molar-refractivity contribution in [1.29, 1.82) is 0 Å². The summed E-state index contributed by atoms with van der Waals surface area (Å²) in [5.41, 5.74) is -0.672. The second kappa shape index (κ2) is 8.32. The highest BCUT2D eigenvalue weighted by atomic mass is 17.3. The summed E-state index contributed by atoms with van der Waals surface area (Å²) in [6.45, 7) is 16.1. The molecule has 0 fully saturated rings. The van der Waals surface area contributed by atoms with E-state index in [0.29, 0.717) is 0 Å². The molecule has 0 aromatic rings. The molecule has 0 radical (unpaired) electrons. The summed E-state index contributed by atoms with van der Waals surface area (Å²) in [6.07, 6.45) is 4.50. The highest BCUT2D eigenvalue weighted by molar-refractivity contribution is 4.66. The fraction of sp³-hybridized carbons (Fsp3) is 1.00. The SMILES string of the molecule is CCCCC(C)(OOC(C)(C)CC)OOC(C)(C)CC. The molecule has 0 bridgehead atoms. The summed E-state index contributed by atoms with van der Waals surface area (Å²) >= 11 is 0. The van der Waals surface area contributed by atoms with Gasteiger partial charge in [0.2, 0.25) is 5.79 Å². The maximum Gasteiger partial charge on any atom is 0.231 e. The minimum Gasteiger partial charge on any atom is -0.228 e. The Morgan fingerprint density at radius 1 is 0.650 bits per heavy atom. The number of hydrogen-bond donors (Lipinski definition) is 0. The molecule has 0 aliphatic rings. The molecule has 20 heavy (non-hydrogen) atoms. The summed E-state index contributed by atoms with van der Waals surface area (Å²) in [7, 11) is 0. The average Bonchev–Trinajstić information content (AvgIpc) is 2.41. The fourth-order valence-corrected chi connectivity index (χ4v) is 1.11. The van der Waals surface area contributed by atoms with E-state index in [9.17, 15) is 0 Å². The zero-order valence-electron chi connectivity index (χ0n) is 14.7. The van der Waals surface area contributed by atoms with Crippen molar-refractivity contribution in [3.05, 3.63) is 0 Å². The van der Waals surface area contributed by atoms with Gasteiger partial charge in [0, 0.05) is 6.42 Å². The van der Waals surface area contributed by atoms with Crippen molar-refractivity contribution in [2.45, 2.75) is 104 Å². The van der Waals surface area contributed by atoms with Crippen LogP contribution in [0.15, 0.2) is 0 Å². The lowest BCUT2D eigenvalue weighted by Crippen LogP contribution is -2.39. The molecule has 0 aromatic heterocycles. The standard InChI is InChI=1S/C16H34O4/c1-9-12-13-16(8,19-17-14(4,5)10-2)20-18-15(6,7)11-3/h9-13H2,1-8H3. The van der Waals surface area contributed by atoms with Gasteiger partial charge in [-0.3, -0.25) is 0 Å². The Morgan fingerprint density at radius 3 is 1.35 bits per heavy atom. The number of rotatable bonds is 11. The second-order valence-electron chi connectivity index (χ2n) is 6.80. The monoisotopic (exact) mass is 290 g/mol. The predicted molar refractivity (Wildman–Crippen MR) is 81.0 cm³/mol. The molecule has 4 heteroatoms. The first-order valence-electron chi connectivity index (χ1n) is 7.83. The zero-order valence-corrected chi connectivity index (χ0v) is 14.7. The number of unbranched alkanes of at least 4 members (excludes halogenated alkanes) is 1. The van der Waals surface area contributed by atoms with E-state index in [-0.39, 0.29) is 11.2 Å². The lowest BCUT2D eigenvalue weighted by atomic mass is 10.1. The largest absolute Gasteiger partial charge is 0.231 e. The van der Waals surface area contributed by atoms with Crippen LogP contribution in [-0.2, 0) is 19.6 Å². The predicted octanol–water partition coefficient (Wildman–Crippen LogP) is 5.17. The van der Waals surface area contributed by atoms with Gasteiger partial charge in [0.15, 0.2) is 0 Å². The van der Waals surface area contributed by atoms with Crippen LogP contribution in [0.3, 0.4) is 0 Å². The Kier molecular flexibility index (Phi) is 8.26. The van der Waals surface area contributed by atoms with E-state index in [1.165, 1.54) is 0 Å². The molecule has 0 aliphatic heterocycles. The lowest BCUT2D eigenvalue weighted by Gasteiger charge is -2.34. The molecule has 0 rings (SSSR count). The van der Waals surface area contributed by atoms with E-state index in [0.717, 1.165) is 32.1 Å². The fourth-order valence-electron chi connectivity index (χ4n) is 1.11. The van der Waals surface area contributed by atoms with Crippen molar-refractivity contribution in [3.8, 4) is 0 Å². The summed E-state index contributed by atoms with van der Waals surface area (Å²) in [4.78, 5) is 22.2. The Bertz CT molecular complexity index is 241. The molecular formula is C16H34O4.